The van der Waals surface area contributed by atoms with Crippen LogP contribution >= 0.6 is 15.9 Å². The fourth-order valence-corrected chi connectivity index (χ4v) is 2.80. The van der Waals surface area contributed by atoms with Gasteiger partial charge in [-0.1, -0.05) is 47.7 Å². The van der Waals surface area contributed by atoms with Crippen molar-refractivity contribution in [3.05, 3.63) is 34.3 Å². The summed E-state index contributed by atoms with van der Waals surface area (Å²) in [7, 11) is 0.649. The van der Waals surface area contributed by atoms with Crippen LogP contribution in [0.15, 0.2) is 28.7 Å². The standard InChI is InChI=1S/C15H24BrNO2Si/c1-17(15(18)19-10-11-20(2,3)4)9-8-13-6-5-7-14(16)12-13/h5-7,12H,8-11H2,1-4H3. The van der Waals surface area contributed by atoms with Crippen LogP contribution in [0.25, 0.3) is 0 Å². The number of nitrogens with zero attached hydrogens (tertiary/aromatic N) is 1. The van der Waals surface area contributed by atoms with E-state index in [1.807, 2.05) is 12.1 Å². The maximum atomic E-state index is 11.8. The van der Waals surface area contributed by atoms with Crippen LogP contribution < -0.4 is 0 Å². The molecule has 0 radical (unpaired) electrons. The lowest BCUT2D eigenvalue weighted by atomic mass is 10.1. The Kier molecular flexibility index (Phi) is 6.75. The van der Waals surface area contributed by atoms with Gasteiger partial charge < -0.3 is 9.64 Å². The number of ether oxygens (including phenoxy) is 1. The van der Waals surface area contributed by atoms with Crippen LogP contribution in [-0.2, 0) is 11.2 Å². The molecule has 0 bridgehead atoms. The molecule has 1 aromatic rings. The molecule has 1 aromatic carbocycles. The second kappa shape index (κ2) is 7.83. The van der Waals surface area contributed by atoms with E-state index < -0.39 is 8.07 Å². The van der Waals surface area contributed by atoms with E-state index in [-0.39, 0.29) is 6.09 Å². The molecule has 0 unspecified atom stereocenters. The number of carbonyl (C=O) groups is 1. The van der Waals surface area contributed by atoms with E-state index in [9.17, 15) is 4.79 Å². The van der Waals surface area contributed by atoms with Gasteiger partial charge in [-0.3, -0.25) is 0 Å². The third-order valence-electron chi connectivity index (χ3n) is 3.01. The maximum absolute atomic E-state index is 11.8. The van der Waals surface area contributed by atoms with Crippen molar-refractivity contribution < 1.29 is 9.53 Å². The van der Waals surface area contributed by atoms with Crippen LogP contribution in [0.2, 0.25) is 25.7 Å². The molecule has 0 aliphatic carbocycles. The molecular formula is C15H24BrNO2Si. The first-order chi connectivity index (χ1) is 9.28. The van der Waals surface area contributed by atoms with Gasteiger partial charge in [-0.15, -0.1) is 0 Å². The molecule has 1 rings (SSSR count). The summed E-state index contributed by atoms with van der Waals surface area (Å²) in [5.74, 6) is 0. The molecule has 0 saturated heterocycles. The Hall–Kier alpha value is -0.813. The van der Waals surface area contributed by atoms with Crippen LogP contribution in [0.3, 0.4) is 0 Å². The third kappa shape index (κ3) is 7.10. The predicted molar refractivity (Wildman–Crippen MR) is 90.0 cm³/mol. The molecule has 0 heterocycles. The monoisotopic (exact) mass is 357 g/mol. The van der Waals surface area contributed by atoms with E-state index in [4.69, 9.17) is 4.74 Å². The van der Waals surface area contributed by atoms with Gasteiger partial charge in [0.25, 0.3) is 0 Å². The van der Waals surface area contributed by atoms with Gasteiger partial charge >= 0.3 is 6.09 Å². The number of halogens is 1. The second-order valence-corrected chi connectivity index (χ2v) is 12.8. The van der Waals surface area contributed by atoms with Crippen molar-refractivity contribution in [1.82, 2.24) is 4.90 Å². The van der Waals surface area contributed by atoms with Gasteiger partial charge in [0.15, 0.2) is 0 Å². The number of likely N-dealkylation sites (N-methyl/N-ethyl adjacent to an activating group) is 1. The normalized spacial score (nSPS) is 11.2. The van der Waals surface area contributed by atoms with Crippen molar-refractivity contribution in [3.63, 3.8) is 0 Å². The van der Waals surface area contributed by atoms with Crippen LogP contribution in [-0.4, -0.2) is 39.3 Å². The number of amides is 1. The Morgan fingerprint density at radius 2 is 2.05 bits per heavy atom. The SMILES string of the molecule is CN(CCc1cccc(Br)c1)C(=O)OCC[Si](C)(C)C. The summed E-state index contributed by atoms with van der Waals surface area (Å²) in [4.78, 5) is 13.5. The fourth-order valence-electron chi connectivity index (χ4n) is 1.64. The van der Waals surface area contributed by atoms with Crippen molar-refractivity contribution in [2.45, 2.75) is 32.1 Å². The van der Waals surface area contributed by atoms with Gasteiger partial charge in [-0.25, -0.2) is 4.79 Å². The summed E-state index contributed by atoms with van der Waals surface area (Å²) >= 11 is 3.45. The van der Waals surface area contributed by atoms with Gasteiger partial charge in [0.05, 0.1) is 6.61 Å². The molecule has 0 aliphatic heterocycles. The quantitative estimate of drug-likeness (QED) is 0.706. The Balaban J connectivity index is 2.31. The molecule has 20 heavy (non-hydrogen) atoms. The summed E-state index contributed by atoms with van der Waals surface area (Å²) in [6, 6.07) is 9.15. The molecule has 1 amide bonds. The zero-order chi connectivity index (χ0) is 15.2. The Labute approximate surface area is 131 Å². The van der Waals surface area contributed by atoms with Gasteiger partial charge in [0.1, 0.15) is 0 Å². The highest BCUT2D eigenvalue weighted by Gasteiger charge is 2.15. The van der Waals surface area contributed by atoms with Gasteiger partial charge in [-0.2, -0.15) is 0 Å². The summed E-state index contributed by atoms with van der Waals surface area (Å²) in [6.07, 6.45) is 0.609. The number of rotatable bonds is 6. The minimum absolute atomic E-state index is 0.224. The van der Waals surface area contributed by atoms with Crippen LogP contribution in [0.1, 0.15) is 5.56 Å². The number of hydrogen-bond donors (Lipinski definition) is 0. The van der Waals surface area contributed by atoms with E-state index in [2.05, 4.69) is 47.7 Å². The zero-order valence-electron chi connectivity index (χ0n) is 12.8. The highest BCUT2D eigenvalue weighted by molar-refractivity contribution is 9.10. The van der Waals surface area contributed by atoms with Crippen LogP contribution in [0, 0.1) is 0 Å². The van der Waals surface area contributed by atoms with Crippen LogP contribution in [0.4, 0.5) is 4.79 Å². The van der Waals surface area contributed by atoms with Crippen LogP contribution in [0.5, 0.6) is 0 Å². The summed E-state index contributed by atoms with van der Waals surface area (Å²) in [5, 5.41) is 0. The Morgan fingerprint density at radius 3 is 2.65 bits per heavy atom. The number of carbonyl (C=O) groups excluding carboxylic acids is 1. The lowest BCUT2D eigenvalue weighted by Crippen LogP contribution is -2.31. The molecule has 0 aliphatic rings. The van der Waals surface area contributed by atoms with Gasteiger partial charge in [-0.05, 0) is 30.2 Å². The highest BCUT2D eigenvalue weighted by atomic mass is 79.9. The largest absolute Gasteiger partial charge is 0.450 e. The smallest absolute Gasteiger partial charge is 0.409 e. The van der Waals surface area contributed by atoms with E-state index in [1.165, 1.54) is 5.56 Å². The average Bonchev–Trinajstić information content (AvgIpc) is 2.34. The van der Waals surface area contributed by atoms with Crippen molar-refractivity contribution in [2.24, 2.45) is 0 Å². The lowest BCUT2D eigenvalue weighted by molar-refractivity contribution is 0.116. The molecule has 0 fully saturated rings. The first kappa shape index (κ1) is 17.2. The molecule has 0 spiro atoms. The molecule has 112 valence electrons. The number of hydrogen-bond acceptors (Lipinski definition) is 2. The van der Waals surface area contributed by atoms with Gasteiger partial charge in [0, 0.05) is 26.1 Å². The minimum Gasteiger partial charge on any atom is -0.450 e. The Morgan fingerprint density at radius 1 is 1.35 bits per heavy atom. The van der Waals surface area contributed by atoms with E-state index in [1.54, 1.807) is 11.9 Å². The summed E-state index contributed by atoms with van der Waals surface area (Å²) < 4.78 is 6.37. The molecule has 0 saturated carbocycles. The van der Waals surface area contributed by atoms with E-state index in [0.29, 0.717) is 13.2 Å². The van der Waals surface area contributed by atoms with Crippen molar-refractivity contribution >= 4 is 30.1 Å². The summed E-state index contributed by atoms with van der Waals surface area (Å²) in [6.45, 7) is 8.03. The molecule has 0 aromatic heterocycles. The molecule has 5 heteroatoms. The third-order valence-corrected chi connectivity index (χ3v) is 5.21. The molecule has 3 nitrogen and oxygen atoms in total. The molecular weight excluding hydrogens is 334 g/mol. The predicted octanol–water partition coefficient (Wildman–Crippen LogP) is 4.40. The van der Waals surface area contributed by atoms with Crippen molar-refractivity contribution in [1.29, 1.82) is 0 Å². The minimum atomic E-state index is -1.14. The van der Waals surface area contributed by atoms with E-state index in [0.717, 1.165) is 16.9 Å². The topological polar surface area (TPSA) is 29.5 Å². The summed E-state index contributed by atoms with van der Waals surface area (Å²) in [5.41, 5.74) is 1.21. The zero-order valence-corrected chi connectivity index (χ0v) is 15.4. The molecule has 0 atom stereocenters. The highest BCUT2D eigenvalue weighted by Crippen LogP contribution is 2.12. The first-order valence-electron chi connectivity index (χ1n) is 6.90. The lowest BCUT2D eigenvalue weighted by Gasteiger charge is -2.19. The van der Waals surface area contributed by atoms with E-state index >= 15 is 0 Å². The second-order valence-electron chi connectivity index (χ2n) is 6.23. The van der Waals surface area contributed by atoms with Crippen molar-refractivity contribution in [2.75, 3.05) is 20.2 Å². The molecule has 0 N–H and O–H groups in total. The average molecular weight is 358 g/mol. The first-order valence-corrected chi connectivity index (χ1v) is 11.4. The Bertz CT molecular complexity index is 446. The number of benzene rings is 1. The fraction of sp³-hybridized carbons (Fsp3) is 0.533. The maximum Gasteiger partial charge on any atom is 0.409 e. The van der Waals surface area contributed by atoms with Crippen molar-refractivity contribution in [3.8, 4) is 0 Å². The van der Waals surface area contributed by atoms with Gasteiger partial charge in [0.2, 0.25) is 0 Å².